The molecule has 1 aliphatic rings. The van der Waals surface area contributed by atoms with E-state index in [0.29, 0.717) is 37.8 Å². The molecule has 1 atom stereocenters. The molecule has 0 bridgehead atoms. The number of benzene rings is 1. The third-order valence-electron chi connectivity index (χ3n) is 5.14. The second-order valence-corrected chi connectivity index (χ2v) is 7.41. The summed E-state index contributed by atoms with van der Waals surface area (Å²) >= 11 is 0. The summed E-state index contributed by atoms with van der Waals surface area (Å²) in [6.07, 6.45) is 0. The summed E-state index contributed by atoms with van der Waals surface area (Å²) in [6, 6.07) is 9.09. The zero-order valence-corrected chi connectivity index (χ0v) is 18.2. The predicted molar refractivity (Wildman–Crippen MR) is 115 cm³/mol. The predicted octanol–water partition coefficient (Wildman–Crippen LogP) is 3.24. The molecule has 170 valence electrons. The van der Waals surface area contributed by atoms with Crippen LogP contribution < -0.4 is 15.4 Å². The summed E-state index contributed by atoms with van der Waals surface area (Å²) in [5.41, 5.74) is 1.59. The van der Waals surface area contributed by atoms with E-state index in [1.165, 1.54) is 0 Å². The molecule has 31 heavy (non-hydrogen) atoms. The number of guanidine groups is 1. The Bertz CT molecular complexity index is 866. The number of aliphatic imine (C=N–C) groups is 1. The van der Waals surface area contributed by atoms with E-state index in [1.54, 1.807) is 19.2 Å². The minimum Gasteiger partial charge on any atom is -0.465 e. The van der Waals surface area contributed by atoms with Gasteiger partial charge in [0.25, 0.3) is 0 Å². The van der Waals surface area contributed by atoms with Crippen molar-refractivity contribution in [1.82, 2.24) is 15.5 Å². The second-order valence-electron chi connectivity index (χ2n) is 7.41. The quantitative estimate of drug-likeness (QED) is 0.489. The minimum absolute atomic E-state index is 0.0212. The van der Waals surface area contributed by atoms with Crippen molar-refractivity contribution in [3.8, 4) is 5.75 Å². The number of furan rings is 1. The summed E-state index contributed by atoms with van der Waals surface area (Å²) in [4.78, 5) is 6.58. The van der Waals surface area contributed by atoms with Crippen LogP contribution >= 0.6 is 0 Å². The number of rotatable bonds is 8. The molecular weight excluding hydrogens is 406 g/mol. The number of morpholine rings is 1. The molecule has 9 heteroatoms. The van der Waals surface area contributed by atoms with Crippen LogP contribution in [0.25, 0.3) is 0 Å². The number of hydrogen-bond donors (Lipinski definition) is 2. The first-order chi connectivity index (χ1) is 15.0. The molecule has 7 nitrogen and oxygen atoms in total. The molecule has 1 fully saturated rings. The molecule has 0 amide bonds. The Morgan fingerprint density at radius 2 is 1.94 bits per heavy atom. The molecule has 0 spiro atoms. The van der Waals surface area contributed by atoms with Crippen LogP contribution in [0.1, 0.15) is 28.7 Å². The number of aryl methyl sites for hydroxylation is 2. The summed E-state index contributed by atoms with van der Waals surface area (Å²) in [5.74, 6) is 2.46. The van der Waals surface area contributed by atoms with E-state index in [-0.39, 0.29) is 11.8 Å². The van der Waals surface area contributed by atoms with Crippen LogP contribution in [-0.4, -0.2) is 57.4 Å². The fourth-order valence-corrected chi connectivity index (χ4v) is 3.58. The summed E-state index contributed by atoms with van der Waals surface area (Å²) < 4.78 is 41.4. The van der Waals surface area contributed by atoms with Gasteiger partial charge >= 0.3 is 6.61 Å². The van der Waals surface area contributed by atoms with Gasteiger partial charge in [-0.15, -0.1) is 0 Å². The number of halogens is 2. The van der Waals surface area contributed by atoms with E-state index < -0.39 is 6.61 Å². The zero-order chi connectivity index (χ0) is 22.2. The normalized spacial score (nSPS) is 16.4. The lowest BCUT2D eigenvalue weighted by Gasteiger charge is -2.33. The first-order valence-electron chi connectivity index (χ1n) is 10.3. The molecule has 1 aliphatic heterocycles. The monoisotopic (exact) mass is 436 g/mol. The Kier molecular flexibility index (Phi) is 8.25. The van der Waals surface area contributed by atoms with Crippen molar-refractivity contribution in [1.29, 1.82) is 0 Å². The minimum atomic E-state index is -2.87. The second kappa shape index (κ2) is 11.1. The number of alkyl halides is 2. The Labute approximate surface area is 181 Å². The van der Waals surface area contributed by atoms with Gasteiger partial charge < -0.3 is 24.5 Å². The van der Waals surface area contributed by atoms with Crippen molar-refractivity contribution in [2.45, 2.75) is 33.0 Å². The van der Waals surface area contributed by atoms with Gasteiger partial charge in [0.1, 0.15) is 17.3 Å². The fourth-order valence-electron chi connectivity index (χ4n) is 3.58. The van der Waals surface area contributed by atoms with E-state index in [1.807, 2.05) is 32.0 Å². The number of nitrogens with zero attached hydrogens (tertiary/aromatic N) is 2. The molecule has 1 aromatic heterocycles. The maximum absolute atomic E-state index is 12.7. The van der Waals surface area contributed by atoms with Gasteiger partial charge in [-0.3, -0.25) is 9.89 Å². The Morgan fingerprint density at radius 3 is 2.58 bits per heavy atom. The van der Waals surface area contributed by atoms with Gasteiger partial charge in [-0.25, -0.2) is 0 Å². The number of ether oxygens (including phenoxy) is 2. The van der Waals surface area contributed by atoms with Crippen LogP contribution in [0, 0.1) is 13.8 Å². The SMILES string of the molecule is CN=C(NCc1cc(C)ccc1OC(F)F)NCC(c1ccc(C)o1)N1CCOCC1. The van der Waals surface area contributed by atoms with Crippen LogP contribution in [-0.2, 0) is 11.3 Å². The van der Waals surface area contributed by atoms with Crippen LogP contribution in [0.2, 0.25) is 0 Å². The highest BCUT2D eigenvalue weighted by Crippen LogP contribution is 2.24. The standard InChI is InChI=1S/C22H30F2N4O3/c1-15-4-6-19(31-21(23)24)17(12-15)13-26-22(25-3)27-14-18(20-7-5-16(2)30-20)28-8-10-29-11-9-28/h4-7,12,18,21H,8-11,13-14H2,1-3H3,(H2,25,26,27). The molecule has 0 saturated carbocycles. The van der Waals surface area contributed by atoms with Crippen molar-refractivity contribution in [2.24, 2.45) is 4.99 Å². The highest BCUT2D eigenvalue weighted by atomic mass is 19.3. The van der Waals surface area contributed by atoms with Crippen LogP contribution in [0.3, 0.4) is 0 Å². The van der Waals surface area contributed by atoms with Gasteiger partial charge in [-0.2, -0.15) is 8.78 Å². The van der Waals surface area contributed by atoms with Crippen LogP contribution in [0.4, 0.5) is 8.78 Å². The Hall–Kier alpha value is -2.65. The van der Waals surface area contributed by atoms with Gasteiger partial charge in [-0.1, -0.05) is 17.7 Å². The van der Waals surface area contributed by atoms with Gasteiger partial charge in [0.05, 0.1) is 19.3 Å². The largest absolute Gasteiger partial charge is 0.465 e. The van der Waals surface area contributed by atoms with E-state index >= 15 is 0 Å². The van der Waals surface area contributed by atoms with E-state index in [9.17, 15) is 8.78 Å². The van der Waals surface area contributed by atoms with Gasteiger partial charge in [0.15, 0.2) is 5.96 Å². The van der Waals surface area contributed by atoms with Gasteiger partial charge in [0, 0.05) is 38.8 Å². The molecule has 1 aromatic carbocycles. The van der Waals surface area contributed by atoms with E-state index in [2.05, 4.69) is 25.3 Å². The Morgan fingerprint density at radius 1 is 1.16 bits per heavy atom. The molecule has 0 aliphatic carbocycles. The lowest BCUT2D eigenvalue weighted by atomic mass is 10.1. The summed E-state index contributed by atoms with van der Waals surface area (Å²) in [6.45, 7) is 4.82. The van der Waals surface area contributed by atoms with Crippen LogP contribution in [0.5, 0.6) is 5.75 Å². The molecule has 3 rings (SSSR count). The lowest BCUT2D eigenvalue weighted by Crippen LogP contribution is -2.46. The van der Waals surface area contributed by atoms with Crippen molar-refractivity contribution in [3.05, 3.63) is 53.0 Å². The maximum Gasteiger partial charge on any atom is 0.387 e. The maximum atomic E-state index is 12.7. The van der Waals surface area contributed by atoms with E-state index in [0.717, 1.165) is 30.2 Å². The molecule has 0 radical (unpaired) electrons. The third-order valence-corrected chi connectivity index (χ3v) is 5.14. The summed E-state index contributed by atoms with van der Waals surface area (Å²) in [7, 11) is 1.67. The molecule has 2 aromatic rings. The first kappa shape index (κ1) is 23.0. The molecular formula is C22H30F2N4O3. The molecule has 1 saturated heterocycles. The molecule has 2 heterocycles. The fraction of sp³-hybridized carbons (Fsp3) is 0.500. The van der Waals surface area contributed by atoms with Crippen LogP contribution in [0.15, 0.2) is 39.7 Å². The topological polar surface area (TPSA) is 71.3 Å². The summed E-state index contributed by atoms with van der Waals surface area (Å²) in [5, 5.41) is 6.51. The first-order valence-corrected chi connectivity index (χ1v) is 10.3. The van der Waals surface area contributed by atoms with Crippen molar-refractivity contribution < 1.29 is 22.7 Å². The molecule has 2 N–H and O–H groups in total. The smallest absolute Gasteiger partial charge is 0.387 e. The van der Waals surface area contributed by atoms with Gasteiger partial charge in [0.2, 0.25) is 0 Å². The number of hydrogen-bond acceptors (Lipinski definition) is 5. The number of nitrogens with one attached hydrogen (secondary N) is 2. The average molecular weight is 437 g/mol. The average Bonchev–Trinajstić information content (AvgIpc) is 3.18. The van der Waals surface area contributed by atoms with Crippen molar-refractivity contribution in [2.75, 3.05) is 39.9 Å². The third kappa shape index (κ3) is 6.67. The van der Waals surface area contributed by atoms with Gasteiger partial charge in [-0.05, 0) is 32.0 Å². The highest BCUT2D eigenvalue weighted by Gasteiger charge is 2.25. The van der Waals surface area contributed by atoms with E-state index in [4.69, 9.17) is 9.15 Å². The molecule has 1 unspecified atom stereocenters. The lowest BCUT2D eigenvalue weighted by molar-refractivity contribution is -0.0504. The van der Waals surface area contributed by atoms with Crippen molar-refractivity contribution in [3.63, 3.8) is 0 Å². The van der Waals surface area contributed by atoms with Crippen molar-refractivity contribution >= 4 is 5.96 Å². The Balaban J connectivity index is 1.64. The zero-order valence-electron chi connectivity index (χ0n) is 18.2. The highest BCUT2D eigenvalue weighted by molar-refractivity contribution is 5.79.